The SMILES string of the molecule is O=C(c1ccc(=O)[nH]c1)N1CC(c2nc(-c3cccnc3)no2)C1. The van der Waals surface area contributed by atoms with Crippen LogP contribution in [0.2, 0.25) is 0 Å². The first-order chi connectivity index (χ1) is 11.7. The summed E-state index contributed by atoms with van der Waals surface area (Å²) in [6.45, 7) is 1.01. The van der Waals surface area contributed by atoms with Crippen LogP contribution in [0.15, 0.2) is 52.2 Å². The second kappa shape index (κ2) is 5.73. The average Bonchev–Trinajstić information content (AvgIpc) is 3.04. The van der Waals surface area contributed by atoms with Crippen LogP contribution in [0.3, 0.4) is 0 Å². The molecule has 24 heavy (non-hydrogen) atoms. The number of nitrogens with zero attached hydrogens (tertiary/aromatic N) is 4. The molecule has 1 amide bonds. The Balaban J connectivity index is 1.43. The second-order valence-electron chi connectivity index (χ2n) is 5.55. The fraction of sp³-hybridized carbons (Fsp3) is 0.188. The minimum absolute atomic E-state index is 0.0228. The molecule has 0 atom stereocenters. The maximum Gasteiger partial charge on any atom is 0.255 e. The number of pyridine rings is 2. The van der Waals surface area contributed by atoms with Crippen molar-refractivity contribution in [3.05, 3.63) is 64.7 Å². The standard InChI is InChI=1S/C16H13N5O3/c22-13-4-3-11(7-18-13)16(23)21-8-12(9-21)15-19-14(20-24-15)10-2-1-5-17-6-10/h1-7,12H,8-9H2,(H,18,22). The van der Waals surface area contributed by atoms with E-state index in [2.05, 4.69) is 20.1 Å². The van der Waals surface area contributed by atoms with Gasteiger partial charge in [0.05, 0.1) is 11.5 Å². The molecule has 1 aliphatic rings. The van der Waals surface area contributed by atoms with E-state index < -0.39 is 0 Å². The lowest BCUT2D eigenvalue weighted by atomic mass is 9.99. The summed E-state index contributed by atoms with van der Waals surface area (Å²) < 4.78 is 5.30. The lowest BCUT2D eigenvalue weighted by Crippen LogP contribution is -2.48. The topological polar surface area (TPSA) is 105 Å². The van der Waals surface area contributed by atoms with Crippen LogP contribution in [0, 0.1) is 0 Å². The number of nitrogens with one attached hydrogen (secondary N) is 1. The number of carbonyl (C=O) groups excluding carboxylic acids is 1. The van der Waals surface area contributed by atoms with Crippen LogP contribution in [-0.4, -0.2) is 44.0 Å². The lowest BCUT2D eigenvalue weighted by Gasteiger charge is -2.37. The molecule has 4 heterocycles. The number of rotatable bonds is 3. The largest absolute Gasteiger partial charge is 0.339 e. The highest BCUT2D eigenvalue weighted by Gasteiger charge is 2.36. The molecule has 120 valence electrons. The van der Waals surface area contributed by atoms with E-state index in [9.17, 15) is 9.59 Å². The Kier molecular flexibility index (Phi) is 3.42. The third kappa shape index (κ3) is 2.58. The maximum atomic E-state index is 12.3. The molecule has 0 aliphatic carbocycles. The number of likely N-dealkylation sites (tertiary alicyclic amines) is 1. The smallest absolute Gasteiger partial charge is 0.255 e. The van der Waals surface area contributed by atoms with Crippen LogP contribution in [0.25, 0.3) is 11.4 Å². The van der Waals surface area contributed by atoms with Crippen molar-refractivity contribution >= 4 is 5.91 Å². The quantitative estimate of drug-likeness (QED) is 0.772. The summed E-state index contributed by atoms with van der Waals surface area (Å²) in [7, 11) is 0. The number of aromatic nitrogens is 4. The summed E-state index contributed by atoms with van der Waals surface area (Å²) in [5.41, 5.74) is 1.00. The minimum atomic E-state index is -0.234. The van der Waals surface area contributed by atoms with Crippen LogP contribution >= 0.6 is 0 Å². The van der Waals surface area contributed by atoms with E-state index in [0.29, 0.717) is 30.4 Å². The van der Waals surface area contributed by atoms with E-state index in [4.69, 9.17) is 4.52 Å². The van der Waals surface area contributed by atoms with Crippen molar-refractivity contribution < 1.29 is 9.32 Å². The molecule has 1 aliphatic heterocycles. The van der Waals surface area contributed by atoms with Gasteiger partial charge in [-0.2, -0.15) is 4.98 Å². The molecular weight excluding hydrogens is 310 g/mol. The van der Waals surface area contributed by atoms with Crippen LogP contribution in [0.5, 0.6) is 0 Å². The Hall–Kier alpha value is -3.29. The van der Waals surface area contributed by atoms with Gasteiger partial charge in [0.2, 0.25) is 17.3 Å². The fourth-order valence-electron chi connectivity index (χ4n) is 2.54. The summed E-state index contributed by atoms with van der Waals surface area (Å²) >= 11 is 0. The molecule has 3 aromatic heterocycles. The summed E-state index contributed by atoms with van der Waals surface area (Å²) in [5.74, 6) is 0.895. The number of hydrogen-bond acceptors (Lipinski definition) is 6. The Morgan fingerprint density at radius 1 is 1.29 bits per heavy atom. The highest BCUT2D eigenvalue weighted by molar-refractivity contribution is 5.94. The Morgan fingerprint density at radius 2 is 2.17 bits per heavy atom. The van der Waals surface area contributed by atoms with E-state index in [1.807, 2.05) is 6.07 Å². The van der Waals surface area contributed by atoms with Gasteiger partial charge in [0, 0.05) is 43.3 Å². The number of hydrogen-bond donors (Lipinski definition) is 1. The van der Waals surface area contributed by atoms with Crippen LogP contribution < -0.4 is 5.56 Å². The number of carbonyl (C=O) groups is 1. The summed E-state index contributed by atoms with van der Waals surface area (Å²) in [6.07, 6.45) is 4.77. The molecule has 3 aromatic rings. The molecular formula is C16H13N5O3. The van der Waals surface area contributed by atoms with Crippen LogP contribution in [0.1, 0.15) is 22.2 Å². The third-order valence-corrected chi connectivity index (χ3v) is 3.91. The van der Waals surface area contributed by atoms with Crippen molar-refractivity contribution in [3.63, 3.8) is 0 Å². The molecule has 1 saturated heterocycles. The highest BCUT2D eigenvalue weighted by Crippen LogP contribution is 2.28. The van der Waals surface area contributed by atoms with Crippen LogP contribution in [0.4, 0.5) is 0 Å². The molecule has 0 unspecified atom stereocenters. The first-order valence-electron chi connectivity index (χ1n) is 7.43. The van der Waals surface area contributed by atoms with Gasteiger partial charge in [0.15, 0.2) is 0 Å². The fourth-order valence-corrected chi connectivity index (χ4v) is 2.54. The second-order valence-corrected chi connectivity index (χ2v) is 5.55. The van der Waals surface area contributed by atoms with Crippen molar-refractivity contribution in [1.82, 2.24) is 25.0 Å². The minimum Gasteiger partial charge on any atom is -0.339 e. The summed E-state index contributed by atoms with van der Waals surface area (Å²) in [5, 5.41) is 3.96. The Labute approximate surface area is 136 Å². The normalized spacial score (nSPS) is 14.4. The maximum absolute atomic E-state index is 12.3. The first kappa shape index (κ1) is 14.3. The van der Waals surface area contributed by atoms with Gasteiger partial charge in [-0.3, -0.25) is 14.6 Å². The van der Waals surface area contributed by atoms with Gasteiger partial charge in [0.25, 0.3) is 5.91 Å². The highest BCUT2D eigenvalue weighted by atomic mass is 16.5. The van der Waals surface area contributed by atoms with E-state index in [1.165, 1.54) is 18.3 Å². The molecule has 8 heteroatoms. The van der Waals surface area contributed by atoms with E-state index >= 15 is 0 Å². The van der Waals surface area contributed by atoms with E-state index in [0.717, 1.165) is 5.56 Å². The van der Waals surface area contributed by atoms with Gasteiger partial charge in [-0.1, -0.05) is 5.16 Å². The number of H-pyrrole nitrogens is 1. The Bertz CT molecular complexity index is 908. The zero-order valence-corrected chi connectivity index (χ0v) is 12.5. The Morgan fingerprint density at radius 3 is 2.88 bits per heavy atom. The number of aromatic amines is 1. The van der Waals surface area contributed by atoms with Gasteiger partial charge >= 0.3 is 0 Å². The van der Waals surface area contributed by atoms with Crippen molar-refractivity contribution in [2.75, 3.05) is 13.1 Å². The number of amides is 1. The predicted octanol–water partition coefficient (Wildman–Crippen LogP) is 1.06. The van der Waals surface area contributed by atoms with Gasteiger partial charge in [-0.25, -0.2) is 0 Å². The molecule has 0 spiro atoms. The monoisotopic (exact) mass is 323 g/mol. The zero-order valence-electron chi connectivity index (χ0n) is 12.5. The van der Waals surface area contributed by atoms with Gasteiger partial charge in [0.1, 0.15) is 0 Å². The molecule has 0 saturated carbocycles. The molecule has 1 fully saturated rings. The average molecular weight is 323 g/mol. The molecule has 4 rings (SSSR count). The molecule has 0 aromatic carbocycles. The van der Waals surface area contributed by atoms with Crippen LogP contribution in [-0.2, 0) is 0 Å². The van der Waals surface area contributed by atoms with E-state index in [1.54, 1.807) is 23.4 Å². The van der Waals surface area contributed by atoms with Crippen molar-refractivity contribution in [2.45, 2.75) is 5.92 Å². The van der Waals surface area contributed by atoms with Crippen molar-refractivity contribution in [2.24, 2.45) is 0 Å². The lowest BCUT2D eigenvalue weighted by molar-refractivity contribution is 0.0568. The van der Waals surface area contributed by atoms with Crippen molar-refractivity contribution in [1.29, 1.82) is 0 Å². The molecule has 8 nitrogen and oxygen atoms in total. The van der Waals surface area contributed by atoms with E-state index in [-0.39, 0.29) is 17.4 Å². The molecule has 0 bridgehead atoms. The molecule has 1 N–H and O–H groups in total. The zero-order chi connectivity index (χ0) is 16.5. The molecule has 0 radical (unpaired) electrons. The summed E-state index contributed by atoms with van der Waals surface area (Å²) in [4.78, 5) is 35.9. The third-order valence-electron chi connectivity index (χ3n) is 3.91. The van der Waals surface area contributed by atoms with Crippen molar-refractivity contribution in [3.8, 4) is 11.4 Å². The predicted molar refractivity (Wildman–Crippen MR) is 83.2 cm³/mol. The van der Waals surface area contributed by atoms with Gasteiger partial charge in [-0.15, -0.1) is 0 Å². The summed E-state index contributed by atoms with van der Waals surface area (Å²) in [6, 6.07) is 6.51. The van der Waals surface area contributed by atoms with Gasteiger partial charge < -0.3 is 14.4 Å². The van der Waals surface area contributed by atoms with Gasteiger partial charge in [-0.05, 0) is 18.2 Å². The first-order valence-corrected chi connectivity index (χ1v) is 7.43.